The van der Waals surface area contributed by atoms with Crippen molar-refractivity contribution in [1.29, 1.82) is 0 Å². The molecule has 0 aliphatic carbocycles. The molecule has 0 aliphatic rings. The van der Waals surface area contributed by atoms with Crippen LogP contribution in [0, 0.1) is 0 Å². The van der Waals surface area contributed by atoms with Crippen molar-refractivity contribution in [2.75, 3.05) is 0 Å². The van der Waals surface area contributed by atoms with Gasteiger partial charge in [-0.05, 0) is 22.6 Å². The Kier molecular flexibility index (Phi) is 1.21. The molecule has 3 heterocycles. The summed E-state index contributed by atoms with van der Waals surface area (Å²) >= 11 is 0. The molecule has 0 amide bonds. The van der Waals surface area contributed by atoms with Crippen LogP contribution in [0.25, 0.3) is 22.2 Å². The summed E-state index contributed by atoms with van der Waals surface area (Å²) in [5.41, 5.74) is 3.28. The van der Waals surface area contributed by atoms with Crippen molar-refractivity contribution >= 4 is 22.2 Å². The lowest BCUT2D eigenvalue weighted by Gasteiger charge is -2.01. The number of hydrogen-bond donors (Lipinski definition) is 0. The fourth-order valence-corrected chi connectivity index (χ4v) is 1.90. The Hall–Kier alpha value is -2.57. The highest BCUT2D eigenvalue weighted by molar-refractivity contribution is 5.85. The normalized spacial score (nSPS) is 11.8. The smallest absolute Gasteiger partial charge is 0.207 e. The van der Waals surface area contributed by atoms with Crippen LogP contribution in [0.1, 0.15) is 0 Å². The van der Waals surface area contributed by atoms with E-state index in [4.69, 9.17) is 0 Å². The lowest BCUT2D eigenvalue weighted by Crippen LogP contribution is -1.98. The van der Waals surface area contributed by atoms with E-state index in [1.54, 1.807) is 15.2 Å². The van der Waals surface area contributed by atoms with E-state index in [1.165, 1.54) is 0 Å². The predicted molar refractivity (Wildman–Crippen MR) is 54.8 cm³/mol. The molecule has 4 rings (SSSR count). The van der Waals surface area contributed by atoms with Crippen LogP contribution in [-0.4, -0.2) is 34.9 Å². The molecule has 0 radical (unpaired) electrons. The van der Waals surface area contributed by atoms with E-state index in [2.05, 4.69) is 25.8 Å². The fourth-order valence-electron chi connectivity index (χ4n) is 1.90. The largest absolute Gasteiger partial charge is 0.207 e. The zero-order valence-electron chi connectivity index (χ0n) is 8.02. The lowest BCUT2D eigenvalue weighted by atomic mass is 10.3. The molecule has 76 valence electrons. The minimum absolute atomic E-state index is 0.656. The maximum atomic E-state index is 4.03. The average molecular weight is 211 g/mol. The molecule has 0 N–H and O–H groups in total. The van der Waals surface area contributed by atoms with Crippen molar-refractivity contribution in [1.82, 2.24) is 34.9 Å². The summed E-state index contributed by atoms with van der Waals surface area (Å²) in [4.78, 5) is 0. The van der Waals surface area contributed by atoms with Gasteiger partial charge in [0.2, 0.25) is 5.65 Å². The van der Waals surface area contributed by atoms with Gasteiger partial charge in [-0.25, -0.2) is 4.52 Å². The van der Waals surface area contributed by atoms with E-state index < -0.39 is 0 Å². The summed E-state index contributed by atoms with van der Waals surface area (Å²) < 4.78 is 3.43. The number of para-hydroxylation sites is 2. The van der Waals surface area contributed by atoms with E-state index in [9.17, 15) is 0 Å². The summed E-state index contributed by atoms with van der Waals surface area (Å²) in [6.07, 6.45) is 1.65. The Labute approximate surface area is 88.3 Å². The number of fused-ring (bicyclic) bond motifs is 6. The Morgan fingerprint density at radius 3 is 2.56 bits per heavy atom. The average Bonchev–Trinajstić information content (AvgIpc) is 2.98. The zero-order valence-corrected chi connectivity index (χ0v) is 8.02. The van der Waals surface area contributed by atoms with Crippen LogP contribution in [0.15, 0.2) is 30.5 Å². The monoisotopic (exact) mass is 211 g/mol. The Morgan fingerprint density at radius 2 is 1.69 bits per heavy atom. The van der Waals surface area contributed by atoms with Crippen LogP contribution in [0.3, 0.4) is 0 Å². The molecule has 0 atom stereocenters. The highest BCUT2D eigenvalue weighted by atomic mass is 15.5. The maximum absolute atomic E-state index is 4.03. The molecule has 0 saturated heterocycles. The van der Waals surface area contributed by atoms with Crippen LogP contribution in [0.2, 0.25) is 0 Å². The number of aromatic nitrogens is 7. The Bertz CT molecular complexity index is 743. The standard InChI is InChI=1S/C9H5N7/c1-2-4-7-6(3-1)15-8(5-10-13-15)9-11-12-14-16(7)9/h1-5H. The third-order valence-electron chi connectivity index (χ3n) is 2.59. The van der Waals surface area contributed by atoms with Crippen molar-refractivity contribution in [3.8, 4) is 0 Å². The molecular formula is C9H5N7. The van der Waals surface area contributed by atoms with Gasteiger partial charge in [0.05, 0.1) is 17.2 Å². The first-order valence-corrected chi connectivity index (χ1v) is 4.74. The summed E-state index contributed by atoms with van der Waals surface area (Å²) in [6, 6.07) is 7.78. The molecule has 1 aromatic carbocycles. The molecule has 0 fully saturated rings. The van der Waals surface area contributed by atoms with Gasteiger partial charge in [0, 0.05) is 0 Å². The third kappa shape index (κ3) is 0.761. The van der Waals surface area contributed by atoms with Gasteiger partial charge < -0.3 is 0 Å². The number of tetrazole rings is 1. The highest BCUT2D eigenvalue weighted by Crippen LogP contribution is 2.17. The van der Waals surface area contributed by atoms with Gasteiger partial charge in [0.1, 0.15) is 5.52 Å². The molecule has 0 saturated carbocycles. The van der Waals surface area contributed by atoms with Crippen LogP contribution < -0.4 is 0 Å². The van der Waals surface area contributed by atoms with Gasteiger partial charge in [-0.2, -0.15) is 4.52 Å². The molecule has 16 heavy (non-hydrogen) atoms. The van der Waals surface area contributed by atoms with Crippen LogP contribution in [-0.2, 0) is 0 Å². The molecule has 0 unspecified atom stereocenters. The van der Waals surface area contributed by atoms with E-state index in [0.717, 1.165) is 16.6 Å². The second-order valence-corrected chi connectivity index (χ2v) is 3.43. The number of rotatable bonds is 0. The van der Waals surface area contributed by atoms with E-state index in [1.807, 2.05) is 24.3 Å². The summed E-state index contributed by atoms with van der Waals surface area (Å²) in [5, 5.41) is 19.5. The predicted octanol–water partition coefficient (Wildman–Crippen LogP) is 0.320. The molecule has 0 aliphatic heterocycles. The fraction of sp³-hybridized carbons (Fsp3) is 0. The van der Waals surface area contributed by atoms with E-state index >= 15 is 0 Å². The van der Waals surface area contributed by atoms with Gasteiger partial charge in [-0.3, -0.25) is 0 Å². The minimum atomic E-state index is 0.656. The SMILES string of the molecule is c1ccc2c(c1)n1nncc1c1nnnn21. The van der Waals surface area contributed by atoms with E-state index in [0.29, 0.717) is 5.65 Å². The second kappa shape index (κ2) is 2.51. The molecule has 7 heteroatoms. The van der Waals surface area contributed by atoms with E-state index in [-0.39, 0.29) is 0 Å². The first-order chi connectivity index (χ1) is 7.95. The van der Waals surface area contributed by atoms with Crippen molar-refractivity contribution < 1.29 is 0 Å². The number of nitrogens with zero attached hydrogens (tertiary/aromatic N) is 7. The molecule has 4 aromatic rings. The van der Waals surface area contributed by atoms with Gasteiger partial charge in [-0.15, -0.1) is 10.2 Å². The molecule has 7 nitrogen and oxygen atoms in total. The van der Waals surface area contributed by atoms with Crippen LogP contribution in [0.5, 0.6) is 0 Å². The first-order valence-electron chi connectivity index (χ1n) is 4.74. The van der Waals surface area contributed by atoms with Crippen molar-refractivity contribution in [3.05, 3.63) is 30.5 Å². The van der Waals surface area contributed by atoms with Crippen LogP contribution in [0.4, 0.5) is 0 Å². The number of hydrogen-bond acceptors (Lipinski definition) is 5. The van der Waals surface area contributed by atoms with Gasteiger partial charge in [0.15, 0.2) is 0 Å². The zero-order chi connectivity index (χ0) is 10.5. The van der Waals surface area contributed by atoms with Crippen LogP contribution >= 0.6 is 0 Å². The third-order valence-corrected chi connectivity index (χ3v) is 2.59. The molecular weight excluding hydrogens is 206 g/mol. The minimum Gasteiger partial charge on any atom is -0.207 e. The molecule has 0 bridgehead atoms. The topological polar surface area (TPSA) is 73.3 Å². The number of benzene rings is 1. The van der Waals surface area contributed by atoms with Crippen molar-refractivity contribution in [3.63, 3.8) is 0 Å². The van der Waals surface area contributed by atoms with Gasteiger partial charge >= 0.3 is 0 Å². The Morgan fingerprint density at radius 1 is 0.875 bits per heavy atom. The van der Waals surface area contributed by atoms with Gasteiger partial charge in [-0.1, -0.05) is 17.3 Å². The summed E-state index contributed by atoms with van der Waals surface area (Å²) in [7, 11) is 0. The van der Waals surface area contributed by atoms with Crippen molar-refractivity contribution in [2.24, 2.45) is 0 Å². The first kappa shape index (κ1) is 7.69. The van der Waals surface area contributed by atoms with Gasteiger partial charge in [0.25, 0.3) is 0 Å². The maximum Gasteiger partial charge on any atom is 0.207 e. The highest BCUT2D eigenvalue weighted by Gasteiger charge is 2.11. The summed E-state index contributed by atoms with van der Waals surface area (Å²) in [5.74, 6) is 0. The lowest BCUT2D eigenvalue weighted by molar-refractivity contribution is 0.834. The Balaban J connectivity index is 2.51. The summed E-state index contributed by atoms with van der Waals surface area (Å²) in [6.45, 7) is 0. The second-order valence-electron chi connectivity index (χ2n) is 3.43. The molecule has 0 spiro atoms. The quantitative estimate of drug-likeness (QED) is 0.418. The molecule has 3 aromatic heterocycles. The van der Waals surface area contributed by atoms with Crippen molar-refractivity contribution in [2.45, 2.75) is 0 Å².